The highest BCUT2D eigenvalue weighted by Gasteiger charge is 2.17. The molecule has 2 heteroatoms. The lowest BCUT2D eigenvalue weighted by Gasteiger charge is -2.17. The molecule has 0 bridgehead atoms. The van der Waals surface area contributed by atoms with Gasteiger partial charge in [0.15, 0.2) is 6.29 Å². The van der Waals surface area contributed by atoms with Gasteiger partial charge in [0.2, 0.25) is 0 Å². The maximum absolute atomic E-state index is 5.40. The van der Waals surface area contributed by atoms with E-state index in [4.69, 9.17) is 9.47 Å². The Morgan fingerprint density at radius 3 is 2.69 bits per heavy atom. The summed E-state index contributed by atoms with van der Waals surface area (Å²) < 4.78 is 10.8. The Bertz CT molecular complexity index is 171. The first-order chi connectivity index (χ1) is 6.45. The zero-order chi connectivity index (χ0) is 8.93. The Kier molecular flexibility index (Phi) is 3.39. The summed E-state index contributed by atoms with van der Waals surface area (Å²) in [5, 5.41) is 0. The molecule has 1 heterocycles. The molecule has 2 rings (SSSR count). The molecule has 1 atom stereocenters. The molecule has 1 aliphatic carbocycles. The Morgan fingerprint density at radius 2 is 2.00 bits per heavy atom. The molecule has 13 heavy (non-hydrogen) atoms. The number of hydrogen-bond acceptors (Lipinski definition) is 2. The van der Waals surface area contributed by atoms with Gasteiger partial charge in [0.25, 0.3) is 0 Å². The molecule has 0 aromatic heterocycles. The molecular formula is C11H18O2. The number of ether oxygens (including phenoxy) is 2. The first kappa shape index (κ1) is 9.22. The molecule has 0 N–H and O–H groups in total. The molecule has 0 radical (unpaired) electrons. The van der Waals surface area contributed by atoms with Crippen molar-refractivity contribution >= 4 is 0 Å². The smallest absolute Gasteiger partial charge is 0.157 e. The van der Waals surface area contributed by atoms with E-state index in [1.165, 1.54) is 25.7 Å². The van der Waals surface area contributed by atoms with Crippen LogP contribution in [0.3, 0.4) is 0 Å². The Labute approximate surface area is 79.9 Å². The summed E-state index contributed by atoms with van der Waals surface area (Å²) in [4.78, 5) is 0. The second kappa shape index (κ2) is 4.77. The summed E-state index contributed by atoms with van der Waals surface area (Å²) in [7, 11) is 0. The van der Waals surface area contributed by atoms with Crippen molar-refractivity contribution in [2.75, 3.05) is 13.2 Å². The quantitative estimate of drug-likeness (QED) is 0.624. The minimum absolute atomic E-state index is 0.0929. The van der Waals surface area contributed by atoms with Gasteiger partial charge in [-0.15, -0.1) is 0 Å². The molecule has 1 aliphatic heterocycles. The van der Waals surface area contributed by atoms with Crippen molar-refractivity contribution in [2.45, 2.75) is 38.4 Å². The predicted octanol–water partition coefficient (Wildman–Crippen LogP) is 2.50. The lowest BCUT2D eigenvalue weighted by Crippen LogP contribution is -2.10. The fourth-order valence-electron chi connectivity index (χ4n) is 2.05. The van der Waals surface area contributed by atoms with Crippen LogP contribution in [0.5, 0.6) is 0 Å². The summed E-state index contributed by atoms with van der Waals surface area (Å²) in [6.45, 7) is 1.57. The monoisotopic (exact) mass is 182 g/mol. The largest absolute Gasteiger partial charge is 0.350 e. The predicted molar refractivity (Wildman–Crippen MR) is 51.4 cm³/mol. The van der Waals surface area contributed by atoms with Gasteiger partial charge in [-0.25, -0.2) is 0 Å². The van der Waals surface area contributed by atoms with E-state index in [0.717, 1.165) is 25.6 Å². The van der Waals surface area contributed by atoms with E-state index in [9.17, 15) is 0 Å². The first-order valence-corrected chi connectivity index (χ1v) is 5.35. The van der Waals surface area contributed by atoms with Crippen LogP contribution in [0, 0.1) is 5.92 Å². The first-order valence-electron chi connectivity index (χ1n) is 5.35. The molecule has 74 valence electrons. The molecule has 1 unspecified atom stereocenters. The zero-order valence-corrected chi connectivity index (χ0v) is 8.08. The SMILES string of the molecule is C1=CC(CCC2OCCO2)CCC1. The van der Waals surface area contributed by atoms with Crippen molar-refractivity contribution in [3.05, 3.63) is 12.2 Å². The van der Waals surface area contributed by atoms with Gasteiger partial charge >= 0.3 is 0 Å². The summed E-state index contributed by atoms with van der Waals surface area (Å²) in [6, 6.07) is 0. The number of rotatable bonds is 3. The number of allylic oxidation sites excluding steroid dienone is 2. The lowest BCUT2D eigenvalue weighted by atomic mass is 9.92. The van der Waals surface area contributed by atoms with Crippen molar-refractivity contribution in [1.29, 1.82) is 0 Å². The van der Waals surface area contributed by atoms with Crippen LogP contribution in [-0.4, -0.2) is 19.5 Å². The van der Waals surface area contributed by atoms with E-state index in [1.807, 2.05) is 0 Å². The summed E-state index contributed by atoms with van der Waals surface area (Å²) in [6.07, 6.45) is 11.0. The van der Waals surface area contributed by atoms with Crippen LogP contribution in [0.25, 0.3) is 0 Å². The third-order valence-electron chi connectivity index (χ3n) is 2.82. The van der Waals surface area contributed by atoms with Crippen molar-refractivity contribution < 1.29 is 9.47 Å². The maximum atomic E-state index is 5.40. The van der Waals surface area contributed by atoms with Gasteiger partial charge in [0.1, 0.15) is 0 Å². The Hall–Kier alpha value is -0.340. The van der Waals surface area contributed by atoms with E-state index >= 15 is 0 Å². The third kappa shape index (κ3) is 2.82. The molecule has 0 aromatic rings. The molecule has 2 nitrogen and oxygen atoms in total. The van der Waals surface area contributed by atoms with Gasteiger partial charge in [-0.2, -0.15) is 0 Å². The fourth-order valence-corrected chi connectivity index (χ4v) is 2.05. The zero-order valence-electron chi connectivity index (χ0n) is 8.08. The Morgan fingerprint density at radius 1 is 1.15 bits per heavy atom. The van der Waals surface area contributed by atoms with Crippen LogP contribution in [-0.2, 0) is 9.47 Å². The molecule has 0 amide bonds. The molecule has 1 fully saturated rings. The van der Waals surface area contributed by atoms with Crippen molar-refractivity contribution in [3.8, 4) is 0 Å². The summed E-state index contributed by atoms with van der Waals surface area (Å²) in [5.74, 6) is 0.779. The molecule has 1 saturated heterocycles. The molecule has 2 aliphatic rings. The normalized spacial score (nSPS) is 29.7. The van der Waals surface area contributed by atoms with Crippen molar-refractivity contribution in [1.82, 2.24) is 0 Å². The molecular weight excluding hydrogens is 164 g/mol. The van der Waals surface area contributed by atoms with Gasteiger partial charge in [0.05, 0.1) is 13.2 Å². The topological polar surface area (TPSA) is 18.5 Å². The van der Waals surface area contributed by atoms with Gasteiger partial charge in [-0.05, 0) is 38.0 Å². The van der Waals surface area contributed by atoms with Crippen LogP contribution in [0.4, 0.5) is 0 Å². The minimum atomic E-state index is 0.0929. The van der Waals surface area contributed by atoms with Gasteiger partial charge in [-0.3, -0.25) is 0 Å². The Balaban J connectivity index is 1.66. The van der Waals surface area contributed by atoms with Crippen LogP contribution in [0.15, 0.2) is 12.2 Å². The van der Waals surface area contributed by atoms with E-state index < -0.39 is 0 Å². The lowest BCUT2D eigenvalue weighted by molar-refractivity contribution is -0.0495. The van der Waals surface area contributed by atoms with E-state index in [-0.39, 0.29) is 6.29 Å². The van der Waals surface area contributed by atoms with Gasteiger partial charge in [-0.1, -0.05) is 12.2 Å². The van der Waals surface area contributed by atoms with Crippen molar-refractivity contribution in [2.24, 2.45) is 5.92 Å². The highest BCUT2D eigenvalue weighted by molar-refractivity contribution is 4.92. The van der Waals surface area contributed by atoms with Gasteiger partial charge in [0, 0.05) is 0 Å². The minimum Gasteiger partial charge on any atom is -0.350 e. The highest BCUT2D eigenvalue weighted by Crippen LogP contribution is 2.23. The highest BCUT2D eigenvalue weighted by atomic mass is 16.7. The van der Waals surface area contributed by atoms with E-state index in [2.05, 4.69) is 12.2 Å². The van der Waals surface area contributed by atoms with Crippen LogP contribution in [0.1, 0.15) is 32.1 Å². The average molecular weight is 182 g/mol. The second-order valence-corrected chi connectivity index (χ2v) is 3.87. The van der Waals surface area contributed by atoms with E-state index in [1.54, 1.807) is 0 Å². The maximum Gasteiger partial charge on any atom is 0.157 e. The second-order valence-electron chi connectivity index (χ2n) is 3.87. The summed E-state index contributed by atoms with van der Waals surface area (Å²) >= 11 is 0. The molecule has 0 aromatic carbocycles. The average Bonchev–Trinajstić information content (AvgIpc) is 2.69. The third-order valence-corrected chi connectivity index (χ3v) is 2.82. The van der Waals surface area contributed by atoms with Crippen LogP contribution >= 0.6 is 0 Å². The van der Waals surface area contributed by atoms with Gasteiger partial charge < -0.3 is 9.47 Å². The van der Waals surface area contributed by atoms with Crippen LogP contribution < -0.4 is 0 Å². The fraction of sp³-hybridized carbons (Fsp3) is 0.818. The molecule has 0 spiro atoms. The van der Waals surface area contributed by atoms with Crippen LogP contribution in [0.2, 0.25) is 0 Å². The van der Waals surface area contributed by atoms with Crippen molar-refractivity contribution in [3.63, 3.8) is 0 Å². The number of hydrogen-bond donors (Lipinski definition) is 0. The summed E-state index contributed by atoms with van der Waals surface area (Å²) in [5.41, 5.74) is 0. The molecule has 0 saturated carbocycles. The standard InChI is InChI=1S/C11H18O2/c1-2-4-10(5-3-1)6-7-11-12-8-9-13-11/h2,4,10-11H,1,3,5-9H2. The van der Waals surface area contributed by atoms with E-state index in [0.29, 0.717) is 0 Å².